The molecule has 0 aliphatic carbocycles. The maximum Gasteiger partial charge on any atom is 0.355 e. The summed E-state index contributed by atoms with van der Waals surface area (Å²) in [4.78, 5) is 50.9. The molecule has 1 fully saturated rings. The number of alkyl halides is 1. The second kappa shape index (κ2) is 13.8. The number of oxime groups is 1. The van der Waals surface area contributed by atoms with Gasteiger partial charge < -0.3 is 20.6 Å². The van der Waals surface area contributed by atoms with Gasteiger partial charge in [-0.1, -0.05) is 113 Å². The van der Waals surface area contributed by atoms with E-state index in [2.05, 4.69) is 45.8 Å². The zero-order valence-electron chi connectivity index (χ0n) is 24.5. The van der Waals surface area contributed by atoms with Gasteiger partial charge in [-0.15, -0.1) is 11.8 Å². The van der Waals surface area contributed by atoms with Crippen molar-refractivity contribution in [3.63, 3.8) is 0 Å². The fourth-order valence-electron chi connectivity index (χ4n) is 5.62. The molecule has 2 aliphatic rings. The number of benzene rings is 3. The monoisotopic (exact) mass is 673 g/mol. The van der Waals surface area contributed by atoms with E-state index in [4.69, 9.17) is 26.9 Å². The number of nitrogens with zero attached hydrogens (tertiary/aromatic N) is 3. The summed E-state index contributed by atoms with van der Waals surface area (Å²) in [6.07, 6.45) is 1.60. The fourth-order valence-corrected chi connectivity index (χ4v) is 7.80. The number of nitrogens with two attached hydrogens (primary N) is 1. The van der Waals surface area contributed by atoms with E-state index in [0.717, 1.165) is 22.3 Å². The highest BCUT2D eigenvalue weighted by Crippen LogP contribution is 2.42. The zero-order valence-corrected chi connectivity index (χ0v) is 26.9. The lowest BCUT2D eigenvalue weighted by molar-refractivity contribution is -0.151. The number of nitrogens with one attached hydrogen (secondary N) is 1. The number of fused-ring (bicyclic) bond motifs is 1. The molecule has 46 heavy (non-hydrogen) atoms. The maximum absolute atomic E-state index is 13.8. The summed E-state index contributed by atoms with van der Waals surface area (Å²) >= 11 is 8.18. The minimum absolute atomic E-state index is 0.100. The van der Waals surface area contributed by atoms with Crippen LogP contribution in [0.5, 0.6) is 0 Å². The van der Waals surface area contributed by atoms with Gasteiger partial charge in [-0.25, -0.2) is 9.78 Å². The van der Waals surface area contributed by atoms with Gasteiger partial charge in [0.15, 0.2) is 16.9 Å². The quantitative estimate of drug-likeness (QED) is 0.0603. The predicted octanol–water partition coefficient (Wildman–Crippen LogP) is 4.95. The minimum atomic E-state index is -0.917. The van der Waals surface area contributed by atoms with Crippen LogP contribution in [0, 0.1) is 0 Å². The van der Waals surface area contributed by atoms with Gasteiger partial charge in [-0.05, 0) is 28.3 Å². The van der Waals surface area contributed by atoms with Crippen LogP contribution in [-0.4, -0.2) is 63.7 Å². The first kappa shape index (κ1) is 31.3. The van der Waals surface area contributed by atoms with E-state index in [9.17, 15) is 14.4 Å². The van der Waals surface area contributed by atoms with E-state index in [1.807, 2.05) is 54.6 Å². The SMILES string of the molecule is CO/N=C(\C(=O)NC1C(=O)N2C(C(=O)OCCl)=CCS[C@@H]12)c1nc(N)sc1-c1ccccc1C(c1ccccc1)c1ccccc1. The maximum atomic E-state index is 13.8. The van der Waals surface area contributed by atoms with Crippen LogP contribution in [0.3, 0.4) is 0 Å². The lowest BCUT2D eigenvalue weighted by atomic mass is 9.82. The Labute approximate surface area is 278 Å². The number of hydrogen-bond acceptors (Lipinski definition) is 10. The summed E-state index contributed by atoms with van der Waals surface area (Å²) < 4.78 is 4.88. The smallest absolute Gasteiger partial charge is 0.355 e. The molecule has 0 radical (unpaired) electrons. The van der Waals surface area contributed by atoms with E-state index in [-0.39, 0.29) is 34.2 Å². The van der Waals surface area contributed by atoms with Crippen molar-refractivity contribution in [2.75, 3.05) is 24.7 Å². The highest BCUT2D eigenvalue weighted by Gasteiger charge is 2.53. The van der Waals surface area contributed by atoms with Crippen molar-refractivity contribution in [1.82, 2.24) is 15.2 Å². The Bertz CT molecular complexity index is 1790. The largest absolute Gasteiger partial charge is 0.445 e. The number of aromatic nitrogens is 1. The van der Waals surface area contributed by atoms with Crippen molar-refractivity contribution in [3.05, 3.63) is 119 Å². The molecule has 0 spiro atoms. The van der Waals surface area contributed by atoms with Gasteiger partial charge in [-0.2, -0.15) is 0 Å². The molecule has 234 valence electrons. The van der Waals surface area contributed by atoms with Crippen LogP contribution in [0.25, 0.3) is 10.4 Å². The molecule has 3 heterocycles. The van der Waals surface area contributed by atoms with Gasteiger partial charge in [0.2, 0.25) is 0 Å². The number of esters is 1. The van der Waals surface area contributed by atoms with Crippen molar-refractivity contribution >= 4 is 63.3 Å². The Morgan fingerprint density at radius 2 is 1.72 bits per heavy atom. The second-order valence-electron chi connectivity index (χ2n) is 10.2. The Balaban J connectivity index is 1.35. The van der Waals surface area contributed by atoms with Crippen LogP contribution < -0.4 is 11.1 Å². The average Bonchev–Trinajstić information content (AvgIpc) is 3.47. The Hall–Kier alpha value is -4.65. The van der Waals surface area contributed by atoms with Gasteiger partial charge in [0.05, 0.1) is 4.88 Å². The molecule has 0 saturated carbocycles. The summed E-state index contributed by atoms with van der Waals surface area (Å²) in [5.74, 6) is -1.53. The molecule has 1 saturated heterocycles. The Morgan fingerprint density at radius 3 is 2.37 bits per heavy atom. The number of halogens is 1. The lowest BCUT2D eigenvalue weighted by Crippen LogP contribution is -2.70. The van der Waals surface area contributed by atoms with Crippen LogP contribution in [0.15, 0.2) is 102 Å². The summed E-state index contributed by atoms with van der Waals surface area (Å²) in [6.45, 7) is 0. The van der Waals surface area contributed by atoms with Crippen molar-refractivity contribution in [1.29, 1.82) is 0 Å². The van der Waals surface area contributed by atoms with Crippen LogP contribution in [0.4, 0.5) is 5.13 Å². The lowest BCUT2D eigenvalue weighted by Gasteiger charge is -2.48. The molecule has 10 nitrogen and oxygen atoms in total. The molecule has 1 unspecified atom stereocenters. The number of anilines is 1. The predicted molar refractivity (Wildman–Crippen MR) is 179 cm³/mol. The minimum Gasteiger partial charge on any atom is -0.445 e. The Morgan fingerprint density at radius 1 is 1.07 bits per heavy atom. The topological polar surface area (TPSA) is 136 Å². The number of thioether (sulfide) groups is 1. The number of rotatable bonds is 10. The van der Waals surface area contributed by atoms with Crippen LogP contribution in [0.1, 0.15) is 28.3 Å². The molecule has 0 bridgehead atoms. The van der Waals surface area contributed by atoms with E-state index < -0.39 is 29.2 Å². The number of nitrogen functional groups attached to an aromatic ring is 1. The number of ether oxygens (including phenoxy) is 1. The molecule has 2 amide bonds. The number of β-lactam (4-membered cyclic amide) rings is 1. The first-order chi connectivity index (χ1) is 22.4. The van der Waals surface area contributed by atoms with Crippen molar-refractivity contribution in [2.45, 2.75) is 17.3 Å². The van der Waals surface area contributed by atoms with E-state index in [1.54, 1.807) is 6.08 Å². The number of amides is 2. The molecular weight excluding hydrogens is 646 g/mol. The van der Waals surface area contributed by atoms with Gasteiger partial charge in [0.1, 0.15) is 29.9 Å². The van der Waals surface area contributed by atoms with Crippen molar-refractivity contribution in [3.8, 4) is 10.4 Å². The second-order valence-corrected chi connectivity index (χ2v) is 12.6. The third kappa shape index (κ3) is 5.98. The van der Waals surface area contributed by atoms with Gasteiger partial charge in [0.25, 0.3) is 11.8 Å². The highest BCUT2D eigenvalue weighted by molar-refractivity contribution is 8.00. The average molecular weight is 674 g/mol. The number of thiazole rings is 1. The van der Waals surface area contributed by atoms with Gasteiger partial charge >= 0.3 is 5.97 Å². The molecule has 3 aromatic carbocycles. The Kier molecular flexibility index (Phi) is 9.38. The molecule has 6 rings (SSSR count). The highest BCUT2D eigenvalue weighted by atomic mass is 35.5. The molecular formula is C33H28ClN5O5S2. The summed E-state index contributed by atoms with van der Waals surface area (Å²) in [5.41, 5.74) is 10.4. The van der Waals surface area contributed by atoms with Crippen molar-refractivity contribution < 1.29 is 24.0 Å². The van der Waals surface area contributed by atoms with E-state index in [0.29, 0.717) is 10.6 Å². The standard InChI is InChI=1S/C33H28ClN5O5S2/c1-43-38-26(29(40)36-27-30(41)39-23(32(42)44-18-34)16-17-45-31(27)39)25-28(46-33(35)37-25)22-15-9-8-14-21(22)24(19-10-4-2-5-11-19)20-12-6-3-7-13-20/h2-16,24,27,31H,17-18H2,1H3,(H2,35,37)(H,36,40)/b38-26-/t27?,31-/m0/s1. The van der Waals surface area contributed by atoms with Crippen LogP contribution in [-0.2, 0) is 24.0 Å². The molecule has 13 heteroatoms. The van der Waals surface area contributed by atoms with E-state index >= 15 is 0 Å². The van der Waals surface area contributed by atoms with Gasteiger partial charge in [0, 0.05) is 11.7 Å². The van der Waals surface area contributed by atoms with E-state index in [1.165, 1.54) is 35.1 Å². The zero-order chi connectivity index (χ0) is 32.2. The third-order valence-corrected chi connectivity index (χ3v) is 9.79. The van der Waals surface area contributed by atoms with Gasteiger partial charge in [-0.3, -0.25) is 14.5 Å². The first-order valence-corrected chi connectivity index (χ1v) is 16.6. The third-order valence-electron chi connectivity index (χ3n) is 7.58. The summed E-state index contributed by atoms with van der Waals surface area (Å²) in [5, 5.41) is 6.55. The van der Waals surface area contributed by atoms with Crippen LogP contribution >= 0.6 is 34.7 Å². The molecule has 2 aliphatic heterocycles. The molecule has 2 atom stereocenters. The number of carbonyl (C=O) groups excluding carboxylic acids is 3. The number of carbonyl (C=O) groups is 3. The number of hydrogen-bond donors (Lipinski definition) is 2. The molecule has 4 aromatic rings. The molecule has 3 N–H and O–H groups in total. The first-order valence-electron chi connectivity index (χ1n) is 14.2. The molecule has 1 aromatic heterocycles. The summed E-state index contributed by atoms with van der Waals surface area (Å²) in [6, 6.07) is 27.0. The normalized spacial score (nSPS) is 17.5. The van der Waals surface area contributed by atoms with Crippen molar-refractivity contribution in [2.24, 2.45) is 5.16 Å². The van der Waals surface area contributed by atoms with Crippen LogP contribution in [0.2, 0.25) is 0 Å². The summed E-state index contributed by atoms with van der Waals surface area (Å²) in [7, 11) is 1.32. The fraction of sp³-hybridized carbons (Fsp3) is 0.182.